The van der Waals surface area contributed by atoms with Crippen molar-refractivity contribution in [2.75, 3.05) is 30.8 Å². The number of hydrogen-bond acceptors (Lipinski definition) is 4. The normalized spacial score (nSPS) is 25.2. The van der Waals surface area contributed by atoms with Crippen molar-refractivity contribution in [3.63, 3.8) is 0 Å². The van der Waals surface area contributed by atoms with Crippen LogP contribution in [0.2, 0.25) is 0 Å². The number of nitrogens with zero attached hydrogens (tertiary/aromatic N) is 2. The molecule has 0 aliphatic carbocycles. The minimum atomic E-state index is -3.13. The molecule has 0 N–H and O–H groups in total. The first kappa shape index (κ1) is 16.0. The van der Waals surface area contributed by atoms with Gasteiger partial charge in [0, 0.05) is 38.0 Å². The van der Waals surface area contributed by atoms with Crippen LogP contribution in [0.25, 0.3) is 0 Å². The summed E-state index contributed by atoms with van der Waals surface area (Å²) in [4.78, 5) is 28.0. The third-order valence-electron chi connectivity index (χ3n) is 4.60. The molecule has 2 saturated heterocycles. The van der Waals surface area contributed by atoms with Gasteiger partial charge in [0.1, 0.15) is 0 Å². The molecule has 0 radical (unpaired) electrons. The van der Waals surface area contributed by atoms with Gasteiger partial charge in [-0.2, -0.15) is 0 Å². The minimum Gasteiger partial charge on any atom is -0.341 e. The van der Waals surface area contributed by atoms with Gasteiger partial charge in [-0.25, -0.2) is 8.42 Å². The van der Waals surface area contributed by atoms with Gasteiger partial charge in [-0.1, -0.05) is 18.2 Å². The largest absolute Gasteiger partial charge is 0.341 e. The zero-order chi connectivity index (χ0) is 16.6. The highest BCUT2D eigenvalue weighted by Crippen LogP contribution is 2.27. The van der Waals surface area contributed by atoms with Gasteiger partial charge < -0.3 is 9.80 Å². The van der Waals surface area contributed by atoms with Crippen molar-refractivity contribution in [2.24, 2.45) is 5.92 Å². The van der Waals surface area contributed by atoms with Crippen molar-refractivity contribution < 1.29 is 18.0 Å². The first-order valence-electron chi connectivity index (χ1n) is 7.69. The lowest BCUT2D eigenvalue weighted by atomic mass is 10.1. The van der Waals surface area contributed by atoms with E-state index in [9.17, 15) is 18.0 Å². The van der Waals surface area contributed by atoms with E-state index in [0.29, 0.717) is 19.5 Å². The smallest absolute Gasteiger partial charge is 0.228 e. The van der Waals surface area contributed by atoms with Gasteiger partial charge in [-0.05, 0) is 18.6 Å². The second-order valence-corrected chi connectivity index (χ2v) is 8.59. The van der Waals surface area contributed by atoms with E-state index < -0.39 is 15.1 Å². The summed E-state index contributed by atoms with van der Waals surface area (Å²) in [5.41, 5.74) is 0.795. The first-order valence-corrected chi connectivity index (χ1v) is 9.65. The third-order valence-corrected chi connectivity index (χ3v) is 6.20. The molecular formula is C16H20N2O4S. The molecule has 2 amide bonds. The van der Waals surface area contributed by atoms with Crippen molar-refractivity contribution in [1.82, 2.24) is 4.90 Å². The molecule has 1 aromatic rings. The monoisotopic (exact) mass is 336 g/mol. The van der Waals surface area contributed by atoms with Crippen molar-refractivity contribution in [2.45, 2.75) is 18.1 Å². The summed E-state index contributed by atoms with van der Waals surface area (Å²) >= 11 is 0. The van der Waals surface area contributed by atoms with Crippen molar-refractivity contribution >= 4 is 27.3 Å². The Morgan fingerprint density at radius 1 is 1.17 bits per heavy atom. The van der Waals surface area contributed by atoms with E-state index in [1.54, 1.807) is 9.80 Å². The van der Waals surface area contributed by atoms with E-state index in [-0.39, 0.29) is 30.7 Å². The van der Waals surface area contributed by atoms with E-state index in [0.717, 1.165) is 5.69 Å². The molecule has 2 heterocycles. The number of para-hydroxylation sites is 1. The lowest BCUT2D eigenvalue weighted by Crippen LogP contribution is -2.37. The summed E-state index contributed by atoms with van der Waals surface area (Å²) in [6.07, 6.45) is 1.88. The molecule has 0 bridgehead atoms. The summed E-state index contributed by atoms with van der Waals surface area (Å²) in [6.45, 7) is 1.06. The minimum absolute atomic E-state index is 0.0617. The van der Waals surface area contributed by atoms with Gasteiger partial charge in [0.05, 0.1) is 11.2 Å². The number of likely N-dealkylation sites (tertiary alicyclic amines) is 1. The van der Waals surface area contributed by atoms with E-state index >= 15 is 0 Å². The standard InChI is InChI=1S/C16H20N2O4S/c1-23(21,22)14-7-8-17(11-14)16(20)12-9-15(19)18(10-12)13-5-3-2-4-6-13/h2-6,12,14H,7-11H2,1H3. The molecule has 0 saturated carbocycles. The van der Waals surface area contributed by atoms with E-state index in [4.69, 9.17) is 0 Å². The van der Waals surface area contributed by atoms with Gasteiger partial charge in [0.25, 0.3) is 0 Å². The fraction of sp³-hybridized carbons (Fsp3) is 0.500. The average Bonchev–Trinajstić information content (AvgIpc) is 3.14. The number of hydrogen-bond donors (Lipinski definition) is 0. The van der Waals surface area contributed by atoms with Crippen LogP contribution >= 0.6 is 0 Å². The molecule has 0 spiro atoms. The highest BCUT2D eigenvalue weighted by atomic mass is 32.2. The summed E-state index contributed by atoms with van der Waals surface area (Å²) in [5, 5.41) is -0.478. The summed E-state index contributed by atoms with van der Waals surface area (Å²) in [7, 11) is -3.13. The van der Waals surface area contributed by atoms with Crippen molar-refractivity contribution in [3.8, 4) is 0 Å². The average molecular weight is 336 g/mol. The molecule has 0 aromatic heterocycles. The number of benzene rings is 1. The van der Waals surface area contributed by atoms with Gasteiger partial charge in [-0.15, -0.1) is 0 Å². The Morgan fingerprint density at radius 2 is 1.87 bits per heavy atom. The Morgan fingerprint density at radius 3 is 2.48 bits per heavy atom. The van der Waals surface area contributed by atoms with Crippen LogP contribution in [-0.2, 0) is 19.4 Å². The number of carbonyl (C=O) groups excluding carboxylic acids is 2. The van der Waals surface area contributed by atoms with E-state index in [1.807, 2.05) is 30.3 Å². The highest BCUT2D eigenvalue weighted by Gasteiger charge is 2.40. The molecule has 23 heavy (non-hydrogen) atoms. The molecule has 124 valence electrons. The molecule has 3 rings (SSSR count). The van der Waals surface area contributed by atoms with E-state index in [2.05, 4.69) is 0 Å². The molecule has 7 heteroatoms. The van der Waals surface area contributed by atoms with Crippen molar-refractivity contribution in [1.29, 1.82) is 0 Å². The number of anilines is 1. The molecule has 2 unspecified atom stereocenters. The number of sulfone groups is 1. The van der Waals surface area contributed by atoms with Gasteiger partial charge in [0.15, 0.2) is 9.84 Å². The summed E-state index contributed by atoms with van der Waals surface area (Å²) in [6, 6.07) is 9.28. The number of amides is 2. The Balaban J connectivity index is 1.67. The number of carbonyl (C=O) groups is 2. The maximum absolute atomic E-state index is 12.6. The summed E-state index contributed by atoms with van der Waals surface area (Å²) in [5.74, 6) is -0.558. The predicted molar refractivity (Wildman–Crippen MR) is 86.7 cm³/mol. The SMILES string of the molecule is CS(=O)(=O)C1CCN(C(=O)C2CC(=O)N(c3ccccc3)C2)C1. The topological polar surface area (TPSA) is 74.8 Å². The fourth-order valence-electron chi connectivity index (χ4n) is 3.27. The highest BCUT2D eigenvalue weighted by molar-refractivity contribution is 7.91. The molecule has 6 nitrogen and oxygen atoms in total. The Bertz CT molecular complexity index is 717. The van der Waals surface area contributed by atoms with Crippen molar-refractivity contribution in [3.05, 3.63) is 30.3 Å². The second kappa shape index (κ2) is 5.96. The van der Waals surface area contributed by atoms with Crippen LogP contribution < -0.4 is 4.90 Å². The Hall–Kier alpha value is -1.89. The maximum atomic E-state index is 12.6. The van der Waals surface area contributed by atoms with E-state index in [1.165, 1.54) is 6.26 Å². The molecule has 2 aliphatic heterocycles. The first-order chi connectivity index (χ1) is 10.9. The maximum Gasteiger partial charge on any atom is 0.228 e. The molecule has 2 atom stereocenters. The quantitative estimate of drug-likeness (QED) is 0.814. The van der Waals surface area contributed by atoms with Crippen LogP contribution in [0, 0.1) is 5.92 Å². The number of rotatable bonds is 3. The van der Waals surface area contributed by atoms with Crippen LogP contribution in [0.1, 0.15) is 12.8 Å². The van der Waals surface area contributed by atoms with Crippen LogP contribution in [0.5, 0.6) is 0 Å². The summed E-state index contributed by atoms with van der Waals surface area (Å²) < 4.78 is 23.2. The zero-order valence-electron chi connectivity index (χ0n) is 13.0. The lowest BCUT2D eigenvalue weighted by Gasteiger charge is -2.21. The fourth-order valence-corrected chi connectivity index (χ4v) is 4.25. The third kappa shape index (κ3) is 3.24. The van der Waals surface area contributed by atoms with Crippen LogP contribution in [0.4, 0.5) is 5.69 Å². The van der Waals surface area contributed by atoms with Gasteiger partial charge >= 0.3 is 0 Å². The van der Waals surface area contributed by atoms with Crippen LogP contribution in [-0.4, -0.2) is 56.3 Å². The lowest BCUT2D eigenvalue weighted by molar-refractivity contribution is -0.134. The van der Waals surface area contributed by atoms with Gasteiger partial charge in [0.2, 0.25) is 11.8 Å². The molecule has 1 aromatic carbocycles. The van der Waals surface area contributed by atoms with Crippen LogP contribution in [0.3, 0.4) is 0 Å². The molecular weight excluding hydrogens is 316 g/mol. The predicted octanol–water partition coefficient (Wildman–Crippen LogP) is 0.685. The molecule has 2 fully saturated rings. The second-order valence-electron chi connectivity index (χ2n) is 6.27. The zero-order valence-corrected chi connectivity index (χ0v) is 13.8. The van der Waals surface area contributed by atoms with Crippen LogP contribution in [0.15, 0.2) is 30.3 Å². The Kier molecular flexibility index (Phi) is 4.14. The molecule has 2 aliphatic rings. The Labute approximate surface area is 136 Å². The van der Waals surface area contributed by atoms with Gasteiger partial charge in [-0.3, -0.25) is 9.59 Å².